The van der Waals surface area contributed by atoms with Crippen LogP contribution in [0.3, 0.4) is 0 Å². The number of carbonyl (C=O) groups excluding carboxylic acids is 1. The van der Waals surface area contributed by atoms with Crippen LogP contribution in [0.15, 0.2) is 22.4 Å². The third-order valence-electron chi connectivity index (χ3n) is 11.8. The van der Waals surface area contributed by atoms with Crippen molar-refractivity contribution in [2.24, 2.45) is 33.0 Å². The monoisotopic (exact) mass is 541 g/mol. The van der Waals surface area contributed by atoms with Crippen LogP contribution in [0, 0.1) is 33.0 Å². The van der Waals surface area contributed by atoms with E-state index in [2.05, 4.69) is 74.4 Å². The highest BCUT2D eigenvalue weighted by Gasteiger charge is 2.61. The third kappa shape index (κ3) is 6.11. The lowest BCUT2D eigenvalue weighted by Gasteiger charge is -2.62. The molecule has 2 aliphatic rings. The molecular formula is C35H59NO3. The zero-order valence-corrected chi connectivity index (χ0v) is 27.2. The molecule has 1 heterocycles. The van der Waals surface area contributed by atoms with Gasteiger partial charge in [0.05, 0.1) is 6.20 Å². The van der Waals surface area contributed by atoms with Crippen molar-refractivity contribution in [2.75, 3.05) is 6.61 Å². The van der Waals surface area contributed by atoms with E-state index in [4.69, 9.17) is 4.52 Å². The van der Waals surface area contributed by atoms with Gasteiger partial charge in [0, 0.05) is 17.6 Å². The highest BCUT2D eigenvalue weighted by Crippen LogP contribution is 2.67. The minimum Gasteiger partial charge on any atom is -0.396 e. The first kappa shape index (κ1) is 32.1. The Hall–Kier alpha value is -1.42. The van der Waals surface area contributed by atoms with Crippen LogP contribution < -0.4 is 0 Å². The molecule has 3 rings (SSSR count). The van der Waals surface area contributed by atoms with E-state index in [0.717, 1.165) is 50.7 Å². The molecule has 0 unspecified atom stereocenters. The van der Waals surface area contributed by atoms with E-state index in [1.807, 2.05) is 12.3 Å². The summed E-state index contributed by atoms with van der Waals surface area (Å²) in [6.07, 6.45) is 14.8. The highest BCUT2D eigenvalue weighted by atomic mass is 16.5. The molecule has 39 heavy (non-hydrogen) atoms. The summed E-state index contributed by atoms with van der Waals surface area (Å²) in [4.78, 5) is 12.8. The molecule has 0 aromatic carbocycles. The minimum atomic E-state index is -0.134. The van der Waals surface area contributed by atoms with Crippen molar-refractivity contribution in [1.29, 1.82) is 0 Å². The maximum atomic E-state index is 12.8. The van der Waals surface area contributed by atoms with Crippen LogP contribution in [0.4, 0.5) is 0 Å². The van der Waals surface area contributed by atoms with Gasteiger partial charge in [0.25, 0.3) is 0 Å². The summed E-state index contributed by atoms with van der Waals surface area (Å²) >= 11 is 0. The molecule has 4 atom stereocenters. The summed E-state index contributed by atoms with van der Waals surface area (Å²) in [6.45, 7) is 25.7. The molecule has 1 N–H and O–H groups in total. The Morgan fingerprint density at radius 1 is 1.05 bits per heavy atom. The van der Waals surface area contributed by atoms with E-state index in [-0.39, 0.29) is 39.5 Å². The molecule has 0 amide bonds. The SMILES string of the molecule is CCCC(C)(C)CC[C@](C)(CCO)CCC(C)(C)[C@]1(C)CC[C@H]2C(C)(C)c3oncc3C[C@]2(C)/C1=C/C(C)=O. The number of aromatic nitrogens is 1. The zero-order chi connectivity index (χ0) is 29.5. The summed E-state index contributed by atoms with van der Waals surface area (Å²) < 4.78 is 5.80. The molecule has 0 spiro atoms. The molecule has 1 fully saturated rings. The molecule has 0 radical (unpaired) electrons. The zero-order valence-electron chi connectivity index (χ0n) is 27.2. The average molecular weight is 542 g/mol. The molecular weight excluding hydrogens is 482 g/mol. The van der Waals surface area contributed by atoms with Gasteiger partial charge in [-0.1, -0.05) is 86.4 Å². The quantitative estimate of drug-likeness (QED) is 0.268. The standard InChI is InChI=1S/C35H59NO3/c1-12-14-30(3,4)16-18-33(9,20-21-37)19-17-31(5,6)35(11)15-13-27-32(7,8)29-26(24-36-39-29)23-34(27,10)28(35)22-25(2)38/h22,24,27,37H,12-21,23H2,1-11H3/b28-22-/t27-,33-,34-,35+/m0/s1. The van der Waals surface area contributed by atoms with Gasteiger partial charge in [-0.2, -0.15) is 0 Å². The number of aliphatic hydroxyl groups is 1. The number of allylic oxidation sites excluding steroid dienone is 2. The molecule has 0 saturated heterocycles. The Bertz CT molecular complexity index is 1050. The van der Waals surface area contributed by atoms with Crippen LogP contribution >= 0.6 is 0 Å². The molecule has 1 aromatic heterocycles. The van der Waals surface area contributed by atoms with Gasteiger partial charge in [0.15, 0.2) is 5.78 Å². The third-order valence-corrected chi connectivity index (χ3v) is 11.8. The number of rotatable bonds is 12. The Kier molecular flexibility index (Phi) is 9.14. The van der Waals surface area contributed by atoms with Crippen molar-refractivity contribution in [3.05, 3.63) is 29.2 Å². The van der Waals surface area contributed by atoms with Gasteiger partial charge in [-0.25, -0.2) is 0 Å². The van der Waals surface area contributed by atoms with E-state index in [1.54, 1.807) is 6.92 Å². The second-order valence-corrected chi connectivity index (χ2v) is 16.2. The van der Waals surface area contributed by atoms with E-state index < -0.39 is 0 Å². The molecule has 4 nitrogen and oxygen atoms in total. The topological polar surface area (TPSA) is 63.3 Å². The average Bonchev–Trinajstić information content (AvgIpc) is 3.28. The molecule has 222 valence electrons. The lowest BCUT2D eigenvalue weighted by Crippen LogP contribution is -2.56. The first-order valence-electron chi connectivity index (χ1n) is 15.7. The lowest BCUT2D eigenvalue weighted by atomic mass is 9.41. The van der Waals surface area contributed by atoms with E-state index in [9.17, 15) is 9.90 Å². The van der Waals surface area contributed by atoms with Crippen molar-refractivity contribution >= 4 is 5.78 Å². The van der Waals surface area contributed by atoms with Gasteiger partial charge < -0.3 is 9.63 Å². The summed E-state index contributed by atoms with van der Waals surface area (Å²) in [5.74, 6) is 1.56. The first-order chi connectivity index (χ1) is 17.9. The van der Waals surface area contributed by atoms with Gasteiger partial charge in [-0.05, 0) is 104 Å². The van der Waals surface area contributed by atoms with Crippen molar-refractivity contribution in [3.63, 3.8) is 0 Å². The molecule has 4 heteroatoms. The number of aliphatic hydroxyl groups excluding tert-OH is 1. The fraction of sp³-hybridized carbons (Fsp3) is 0.829. The predicted molar refractivity (Wildman–Crippen MR) is 162 cm³/mol. The Labute approximate surface area is 239 Å². The first-order valence-corrected chi connectivity index (χ1v) is 15.7. The fourth-order valence-corrected chi connectivity index (χ4v) is 8.76. The van der Waals surface area contributed by atoms with Gasteiger partial charge in [-0.15, -0.1) is 0 Å². The molecule has 0 aliphatic heterocycles. The summed E-state index contributed by atoms with van der Waals surface area (Å²) in [6, 6.07) is 0. The van der Waals surface area contributed by atoms with Crippen LogP contribution in [-0.2, 0) is 16.6 Å². The normalized spacial score (nSPS) is 29.5. The van der Waals surface area contributed by atoms with Crippen LogP contribution in [-0.4, -0.2) is 22.7 Å². The molecule has 1 saturated carbocycles. The van der Waals surface area contributed by atoms with E-state index in [0.29, 0.717) is 11.3 Å². The maximum Gasteiger partial charge on any atom is 0.152 e. The van der Waals surface area contributed by atoms with Crippen LogP contribution in [0.2, 0.25) is 0 Å². The maximum absolute atomic E-state index is 12.8. The van der Waals surface area contributed by atoms with Gasteiger partial charge >= 0.3 is 0 Å². The minimum absolute atomic E-state index is 0.00299. The summed E-state index contributed by atoms with van der Waals surface area (Å²) in [5.41, 5.74) is 2.61. The number of carbonyl (C=O) groups is 1. The second kappa shape index (κ2) is 11.1. The van der Waals surface area contributed by atoms with Gasteiger partial charge in [0.1, 0.15) is 5.76 Å². The Morgan fingerprint density at radius 3 is 2.28 bits per heavy atom. The smallest absolute Gasteiger partial charge is 0.152 e. The number of ketones is 1. The Balaban J connectivity index is 1.94. The molecule has 2 aliphatic carbocycles. The number of hydrogen-bond donors (Lipinski definition) is 1. The van der Waals surface area contributed by atoms with E-state index >= 15 is 0 Å². The Morgan fingerprint density at radius 2 is 1.69 bits per heavy atom. The number of hydrogen-bond acceptors (Lipinski definition) is 4. The van der Waals surface area contributed by atoms with Crippen molar-refractivity contribution in [2.45, 2.75) is 146 Å². The predicted octanol–water partition coefficient (Wildman–Crippen LogP) is 9.25. The number of fused-ring (bicyclic) bond motifs is 2. The lowest BCUT2D eigenvalue weighted by molar-refractivity contribution is -0.113. The van der Waals surface area contributed by atoms with Gasteiger partial charge in [-0.3, -0.25) is 4.79 Å². The largest absolute Gasteiger partial charge is 0.396 e. The second-order valence-electron chi connectivity index (χ2n) is 16.2. The van der Waals surface area contributed by atoms with Crippen LogP contribution in [0.5, 0.6) is 0 Å². The molecule has 1 aromatic rings. The van der Waals surface area contributed by atoms with E-state index in [1.165, 1.54) is 30.4 Å². The fourth-order valence-electron chi connectivity index (χ4n) is 8.76. The van der Waals surface area contributed by atoms with Crippen LogP contribution in [0.25, 0.3) is 0 Å². The van der Waals surface area contributed by atoms with Gasteiger partial charge in [0.2, 0.25) is 0 Å². The summed E-state index contributed by atoms with van der Waals surface area (Å²) in [5, 5.41) is 14.2. The van der Waals surface area contributed by atoms with Crippen molar-refractivity contribution in [1.82, 2.24) is 5.16 Å². The summed E-state index contributed by atoms with van der Waals surface area (Å²) in [7, 11) is 0. The highest BCUT2D eigenvalue weighted by molar-refractivity contribution is 5.88. The van der Waals surface area contributed by atoms with Crippen molar-refractivity contribution in [3.8, 4) is 0 Å². The number of nitrogens with zero attached hydrogens (tertiary/aromatic N) is 1. The molecule has 0 bridgehead atoms. The van der Waals surface area contributed by atoms with Crippen molar-refractivity contribution < 1.29 is 14.4 Å². The van der Waals surface area contributed by atoms with Crippen LogP contribution in [0.1, 0.15) is 145 Å².